The standard InChI is InChI=1S/C9H18N2O2/c1-2-9(5-7(12)6-10)3-4-11-8(9)13/h7,12H,2-6,10H2,1H3,(H,11,13)/t7-,9-/m0/s1. The molecule has 0 bridgehead atoms. The van der Waals surface area contributed by atoms with Gasteiger partial charge in [-0.25, -0.2) is 0 Å². The summed E-state index contributed by atoms with van der Waals surface area (Å²) in [5.41, 5.74) is 4.97. The molecule has 13 heavy (non-hydrogen) atoms. The lowest BCUT2D eigenvalue weighted by atomic mass is 9.78. The summed E-state index contributed by atoms with van der Waals surface area (Å²) in [6.07, 6.45) is 1.53. The second-order valence-corrected chi connectivity index (χ2v) is 3.73. The summed E-state index contributed by atoms with van der Waals surface area (Å²) in [6, 6.07) is 0. The predicted molar refractivity (Wildman–Crippen MR) is 50.0 cm³/mol. The first-order valence-corrected chi connectivity index (χ1v) is 4.81. The molecule has 4 N–H and O–H groups in total. The number of carbonyl (C=O) groups excluding carboxylic acids is 1. The van der Waals surface area contributed by atoms with Gasteiger partial charge in [-0.3, -0.25) is 4.79 Å². The molecule has 4 heteroatoms. The molecule has 1 aliphatic rings. The van der Waals surface area contributed by atoms with Crippen LogP contribution in [-0.4, -0.2) is 30.2 Å². The van der Waals surface area contributed by atoms with E-state index in [0.717, 1.165) is 19.4 Å². The fourth-order valence-electron chi connectivity index (χ4n) is 1.93. The molecule has 0 spiro atoms. The van der Waals surface area contributed by atoms with Gasteiger partial charge in [-0.15, -0.1) is 0 Å². The van der Waals surface area contributed by atoms with Gasteiger partial charge in [0, 0.05) is 13.1 Å². The van der Waals surface area contributed by atoms with Crippen LogP contribution in [0.25, 0.3) is 0 Å². The molecule has 2 atom stereocenters. The van der Waals surface area contributed by atoms with Gasteiger partial charge in [0.05, 0.1) is 11.5 Å². The van der Waals surface area contributed by atoms with Crippen molar-refractivity contribution < 1.29 is 9.90 Å². The van der Waals surface area contributed by atoms with E-state index < -0.39 is 6.10 Å². The van der Waals surface area contributed by atoms with E-state index in [1.807, 2.05) is 6.92 Å². The minimum absolute atomic E-state index is 0.0718. The average Bonchev–Trinajstić information content (AvgIpc) is 2.48. The number of aliphatic hydroxyl groups is 1. The van der Waals surface area contributed by atoms with Gasteiger partial charge in [0.15, 0.2) is 0 Å². The van der Waals surface area contributed by atoms with Crippen molar-refractivity contribution in [3.63, 3.8) is 0 Å². The van der Waals surface area contributed by atoms with Crippen LogP contribution in [-0.2, 0) is 4.79 Å². The zero-order valence-corrected chi connectivity index (χ0v) is 8.05. The molecular formula is C9H18N2O2. The van der Waals surface area contributed by atoms with E-state index in [1.165, 1.54) is 0 Å². The third kappa shape index (κ3) is 2.00. The van der Waals surface area contributed by atoms with Crippen molar-refractivity contribution in [2.75, 3.05) is 13.1 Å². The first-order valence-electron chi connectivity index (χ1n) is 4.81. The predicted octanol–water partition coefficient (Wildman–Crippen LogP) is -0.388. The average molecular weight is 186 g/mol. The maximum atomic E-state index is 11.5. The van der Waals surface area contributed by atoms with Gasteiger partial charge < -0.3 is 16.2 Å². The Labute approximate surface area is 78.5 Å². The molecule has 0 unspecified atom stereocenters. The van der Waals surface area contributed by atoms with E-state index in [0.29, 0.717) is 6.42 Å². The number of nitrogens with two attached hydrogens (primary N) is 1. The molecule has 0 radical (unpaired) electrons. The van der Waals surface area contributed by atoms with Crippen LogP contribution in [0, 0.1) is 5.41 Å². The molecule has 1 rings (SSSR count). The summed E-state index contributed by atoms with van der Waals surface area (Å²) in [7, 11) is 0. The normalized spacial score (nSPS) is 30.2. The molecule has 0 aromatic carbocycles. The van der Waals surface area contributed by atoms with Crippen LogP contribution < -0.4 is 11.1 Å². The third-order valence-corrected chi connectivity index (χ3v) is 2.95. The van der Waals surface area contributed by atoms with Gasteiger partial charge in [-0.2, -0.15) is 0 Å². The molecule has 0 aromatic rings. The maximum absolute atomic E-state index is 11.5. The molecule has 0 aliphatic carbocycles. The van der Waals surface area contributed by atoms with Crippen LogP contribution in [0.1, 0.15) is 26.2 Å². The Bertz CT molecular complexity index is 196. The molecular weight excluding hydrogens is 168 g/mol. The van der Waals surface area contributed by atoms with Crippen molar-refractivity contribution in [3.05, 3.63) is 0 Å². The summed E-state index contributed by atoms with van der Waals surface area (Å²) in [5, 5.41) is 12.2. The van der Waals surface area contributed by atoms with E-state index in [1.54, 1.807) is 0 Å². The zero-order chi connectivity index (χ0) is 9.90. The number of rotatable bonds is 4. The van der Waals surface area contributed by atoms with Crippen molar-refractivity contribution in [1.29, 1.82) is 0 Å². The molecule has 0 saturated carbocycles. The van der Waals surface area contributed by atoms with E-state index in [4.69, 9.17) is 5.73 Å². The van der Waals surface area contributed by atoms with Crippen LogP contribution in [0.4, 0.5) is 0 Å². The fourth-order valence-corrected chi connectivity index (χ4v) is 1.93. The van der Waals surface area contributed by atoms with Crippen molar-refractivity contribution >= 4 is 5.91 Å². The Balaban J connectivity index is 2.64. The van der Waals surface area contributed by atoms with Gasteiger partial charge in [0.25, 0.3) is 0 Å². The van der Waals surface area contributed by atoms with Gasteiger partial charge in [0.2, 0.25) is 5.91 Å². The highest BCUT2D eigenvalue weighted by molar-refractivity contribution is 5.84. The zero-order valence-electron chi connectivity index (χ0n) is 8.05. The second-order valence-electron chi connectivity index (χ2n) is 3.73. The number of amides is 1. The lowest BCUT2D eigenvalue weighted by Crippen LogP contribution is -2.36. The quantitative estimate of drug-likeness (QED) is 0.560. The first-order chi connectivity index (χ1) is 6.14. The number of aliphatic hydroxyl groups excluding tert-OH is 1. The van der Waals surface area contributed by atoms with E-state index >= 15 is 0 Å². The molecule has 1 aliphatic heterocycles. The number of carbonyl (C=O) groups is 1. The third-order valence-electron chi connectivity index (χ3n) is 2.95. The van der Waals surface area contributed by atoms with Gasteiger partial charge >= 0.3 is 0 Å². The molecule has 1 amide bonds. The topological polar surface area (TPSA) is 75.3 Å². The number of hydrogen-bond acceptors (Lipinski definition) is 3. The maximum Gasteiger partial charge on any atom is 0.226 e. The van der Waals surface area contributed by atoms with Crippen molar-refractivity contribution in [3.8, 4) is 0 Å². The van der Waals surface area contributed by atoms with Crippen LogP contribution >= 0.6 is 0 Å². The molecule has 76 valence electrons. The first kappa shape index (κ1) is 10.5. The molecule has 4 nitrogen and oxygen atoms in total. The minimum atomic E-state index is -0.552. The Hall–Kier alpha value is -0.610. The Morgan fingerprint density at radius 1 is 1.77 bits per heavy atom. The van der Waals surface area contributed by atoms with E-state index in [-0.39, 0.29) is 17.9 Å². The van der Waals surface area contributed by atoms with Gasteiger partial charge in [0.1, 0.15) is 0 Å². The lowest BCUT2D eigenvalue weighted by Gasteiger charge is -2.26. The largest absolute Gasteiger partial charge is 0.392 e. The van der Waals surface area contributed by atoms with Crippen molar-refractivity contribution in [2.45, 2.75) is 32.3 Å². The Morgan fingerprint density at radius 2 is 2.46 bits per heavy atom. The van der Waals surface area contributed by atoms with Crippen LogP contribution in [0.2, 0.25) is 0 Å². The Kier molecular flexibility index (Phi) is 3.27. The van der Waals surface area contributed by atoms with Crippen LogP contribution in [0.3, 0.4) is 0 Å². The second kappa shape index (κ2) is 4.07. The van der Waals surface area contributed by atoms with Gasteiger partial charge in [-0.1, -0.05) is 6.92 Å². The van der Waals surface area contributed by atoms with Crippen LogP contribution in [0.5, 0.6) is 0 Å². The molecule has 0 aromatic heterocycles. The molecule has 1 saturated heterocycles. The number of hydrogen-bond donors (Lipinski definition) is 3. The summed E-state index contributed by atoms with van der Waals surface area (Å²) >= 11 is 0. The van der Waals surface area contributed by atoms with E-state index in [2.05, 4.69) is 5.32 Å². The van der Waals surface area contributed by atoms with Gasteiger partial charge in [-0.05, 0) is 19.3 Å². The minimum Gasteiger partial charge on any atom is -0.392 e. The Morgan fingerprint density at radius 3 is 2.85 bits per heavy atom. The summed E-state index contributed by atoms with van der Waals surface area (Å²) in [6.45, 7) is 2.94. The van der Waals surface area contributed by atoms with Crippen molar-refractivity contribution in [1.82, 2.24) is 5.32 Å². The SMILES string of the molecule is CC[C@@]1(C[C@H](O)CN)CCNC1=O. The summed E-state index contributed by atoms with van der Waals surface area (Å²) in [4.78, 5) is 11.5. The summed E-state index contributed by atoms with van der Waals surface area (Å²) in [5.74, 6) is 0.0718. The molecule has 1 heterocycles. The number of nitrogens with one attached hydrogen (secondary N) is 1. The molecule has 1 fully saturated rings. The highest BCUT2D eigenvalue weighted by Gasteiger charge is 2.41. The van der Waals surface area contributed by atoms with Crippen LogP contribution in [0.15, 0.2) is 0 Å². The summed E-state index contributed by atoms with van der Waals surface area (Å²) < 4.78 is 0. The lowest BCUT2D eigenvalue weighted by molar-refractivity contribution is -0.129. The monoisotopic (exact) mass is 186 g/mol. The van der Waals surface area contributed by atoms with E-state index in [9.17, 15) is 9.90 Å². The fraction of sp³-hybridized carbons (Fsp3) is 0.889. The van der Waals surface area contributed by atoms with Crippen molar-refractivity contribution in [2.24, 2.45) is 11.1 Å². The smallest absolute Gasteiger partial charge is 0.226 e. The highest BCUT2D eigenvalue weighted by Crippen LogP contribution is 2.35. The highest BCUT2D eigenvalue weighted by atomic mass is 16.3.